The Kier molecular flexibility index (Phi) is 6.34. The van der Waals surface area contributed by atoms with E-state index in [1.807, 2.05) is 0 Å². The second-order valence-corrected chi connectivity index (χ2v) is 9.97. The Balaban J connectivity index is 2.01. The van der Waals surface area contributed by atoms with Gasteiger partial charge in [-0.1, -0.05) is 31.0 Å². The molecule has 0 amide bonds. The maximum absolute atomic E-state index is 13.5. The van der Waals surface area contributed by atoms with Crippen LogP contribution in [-0.4, -0.2) is 26.1 Å². The maximum atomic E-state index is 13.5. The number of aromatic nitrogens is 2. The quantitative estimate of drug-likeness (QED) is 0.362. The van der Waals surface area contributed by atoms with E-state index in [-0.39, 0.29) is 33.3 Å². The summed E-state index contributed by atoms with van der Waals surface area (Å²) < 4.78 is 95.2. The lowest BCUT2D eigenvalue weighted by Gasteiger charge is -2.16. The van der Waals surface area contributed by atoms with Gasteiger partial charge in [0.25, 0.3) is 10.0 Å². The number of alkyl halides is 3. The number of hydrogen-bond acceptors (Lipinski definition) is 6. The van der Waals surface area contributed by atoms with Crippen LogP contribution in [0.2, 0.25) is 0 Å². The lowest BCUT2D eigenvalue weighted by molar-refractivity contribution is -0.137. The fraction of sp³-hybridized carbons (Fsp3) is 0.286. The van der Waals surface area contributed by atoms with E-state index in [0.29, 0.717) is 6.20 Å². The minimum absolute atomic E-state index is 0.0619. The molecule has 1 atom stereocenters. The zero-order valence-electron chi connectivity index (χ0n) is 17.0. The number of benzene rings is 1. The van der Waals surface area contributed by atoms with Crippen LogP contribution < -0.4 is 0 Å². The molecule has 7 nitrogen and oxygen atoms in total. The molecule has 1 aliphatic rings. The predicted molar refractivity (Wildman–Crippen MR) is 114 cm³/mol. The molecule has 1 unspecified atom stereocenters. The highest BCUT2D eigenvalue weighted by molar-refractivity contribution is 7.90. The molecule has 0 radical (unpaired) electrons. The molecule has 176 valence electrons. The normalized spacial score (nSPS) is 16.9. The Morgan fingerprint density at radius 3 is 2.45 bits per heavy atom. The van der Waals surface area contributed by atoms with Gasteiger partial charge in [0, 0.05) is 11.6 Å². The van der Waals surface area contributed by atoms with Crippen molar-refractivity contribution in [3.05, 3.63) is 66.0 Å². The molecule has 12 heteroatoms. The molecule has 4 rings (SSSR count). The van der Waals surface area contributed by atoms with E-state index >= 15 is 0 Å². The van der Waals surface area contributed by atoms with Crippen LogP contribution >= 0.6 is 0 Å². The Morgan fingerprint density at radius 2 is 1.85 bits per heavy atom. The van der Waals surface area contributed by atoms with Crippen molar-refractivity contribution in [2.75, 3.05) is 0 Å². The van der Waals surface area contributed by atoms with Gasteiger partial charge < -0.3 is 8.74 Å². The third-order valence-electron chi connectivity index (χ3n) is 5.40. The van der Waals surface area contributed by atoms with Crippen LogP contribution in [0.4, 0.5) is 13.2 Å². The molecular formula is C21H18F3N2O5S2-. The number of rotatable bonds is 6. The third kappa shape index (κ3) is 4.82. The molecule has 2 heterocycles. The van der Waals surface area contributed by atoms with E-state index < -0.39 is 33.1 Å². The Morgan fingerprint density at radius 1 is 1.18 bits per heavy atom. The average molecular weight is 500 g/mol. The van der Waals surface area contributed by atoms with Crippen LogP contribution in [0.3, 0.4) is 0 Å². The van der Waals surface area contributed by atoms with Gasteiger partial charge in [0.15, 0.2) is 11.4 Å². The van der Waals surface area contributed by atoms with Crippen molar-refractivity contribution >= 4 is 38.2 Å². The van der Waals surface area contributed by atoms with Crippen LogP contribution in [0.1, 0.15) is 36.9 Å². The summed E-state index contributed by atoms with van der Waals surface area (Å²) >= 11 is -3.04. The fourth-order valence-corrected chi connectivity index (χ4v) is 5.69. The van der Waals surface area contributed by atoms with Gasteiger partial charge in [0.2, 0.25) is 0 Å². The Hall–Kier alpha value is -2.70. The highest BCUT2D eigenvalue weighted by Gasteiger charge is 2.33. The zero-order chi connectivity index (χ0) is 23.8. The van der Waals surface area contributed by atoms with E-state index in [4.69, 9.17) is 4.18 Å². The molecule has 1 fully saturated rings. The first kappa shape index (κ1) is 23.5. The van der Waals surface area contributed by atoms with E-state index in [0.717, 1.165) is 41.8 Å². The first-order valence-electron chi connectivity index (χ1n) is 9.96. The maximum Gasteiger partial charge on any atom is 0.417 e. The average Bonchev–Trinajstić information content (AvgIpc) is 3.40. The number of fused-ring (bicyclic) bond motifs is 1. The molecule has 1 aromatic carbocycles. The molecular weight excluding hydrogens is 481 g/mol. The zero-order valence-corrected chi connectivity index (χ0v) is 18.6. The van der Waals surface area contributed by atoms with Crippen molar-refractivity contribution in [3.63, 3.8) is 0 Å². The topological polar surface area (TPSA) is 101 Å². The smallest absolute Gasteiger partial charge is 0.417 e. The lowest BCUT2D eigenvalue weighted by atomic mass is 10.1. The summed E-state index contributed by atoms with van der Waals surface area (Å²) in [6.07, 6.45) is 0.681. The first-order chi connectivity index (χ1) is 15.6. The van der Waals surface area contributed by atoms with Crippen LogP contribution in [0.15, 0.2) is 59.6 Å². The van der Waals surface area contributed by atoms with Crippen molar-refractivity contribution in [1.82, 2.24) is 8.96 Å². The lowest BCUT2D eigenvalue weighted by Crippen LogP contribution is -2.17. The van der Waals surface area contributed by atoms with Gasteiger partial charge in [-0.2, -0.15) is 13.2 Å². The SMILES string of the molecule is O=S([O-])OC(=CC1CCCC1)c1cc2cc(C(F)(F)F)cnc2n1S(=O)(=O)c1ccccc1. The summed E-state index contributed by atoms with van der Waals surface area (Å²) in [7, 11) is -4.36. The van der Waals surface area contributed by atoms with Gasteiger partial charge in [-0.25, -0.2) is 21.6 Å². The predicted octanol–water partition coefficient (Wildman–Crippen LogP) is 4.63. The van der Waals surface area contributed by atoms with Crippen molar-refractivity contribution in [2.24, 2.45) is 5.92 Å². The second-order valence-electron chi connectivity index (χ2n) is 7.61. The van der Waals surface area contributed by atoms with Crippen molar-refractivity contribution < 1.29 is 34.5 Å². The number of hydrogen-bond donors (Lipinski definition) is 0. The summed E-state index contributed by atoms with van der Waals surface area (Å²) in [5.74, 6) is -0.338. The van der Waals surface area contributed by atoms with Crippen LogP contribution in [0, 0.1) is 5.92 Å². The summed E-state index contributed by atoms with van der Waals surface area (Å²) in [5.41, 5.74) is -1.57. The van der Waals surface area contributed by atoms with Gasteiger partial charge in [-0.15, -0.1) is 0 Å². The van der Waals surface area contributed by atoms with E-state index in [9.17, 15) is 30.4 Å². The van der Waals surface area contributed by atoms with Gasteiger partial charge in [0.1, 0.15) is 17.1 Å². The molecule has 0 spiro atoms. The molecule has 33 heavy (non-hydrogen) atoms. The standard InChI is InChI=1S/C21H19F3N2O5S2/c22-21(23,24)16-11-15-12-18(19(31-32(27)28)10-14-6-4-5-7-14)26(20(15)25-13-16)33(29,30)17-8-2-1-3-9-17/h1-3,8-14H,4-7H2,(H,27,28)/p-1. The second kappa shape index (κ2) is 8.92. The summed E-state index contributed by atoms with van der Waals surface area (Å²) in [5, 5.41) is -0.128. The number of pyridine rings is 1. The van der Waals surface area contributed by atoms with Crippen molar-refractivity contribution in [1.29, 1.82) is 0 Å². The molecule has 1 aliphatic carbocycles. The van der Waals surface area contributed by atoms with Gasteiger partial charge in [-0.05, 0) is 49.1 Å². The van der Waals surface area contributed by atoms with Gasteiger partial charge in [0.05, 0.1) is 10.5 Å². The minimum Gasteiger partial charge on any atom is -0.740 e. The molecule has 0 aliphatic heterocycles. The Bertz CT molecular complexity index is 1330. The minimum atomic E-state index is -4.70. The summed E-state index contributed by atoms with van der Waals surface area (Å²) in [6.45, 7) is 0. The molecule has 0 N–H and O–H groups in total. The van der Waals surface area contributed by atoms with Crippen molar-refractivity contribution in [2.45, 2.75) is 36.8 Å². The van der Waals surface area contributed by atoms with Gasteiger partial charge in [-0.3, -0.25) is 0 Å². The number of halogens is 3. The van der Waals surface area contributed by atoms with E-state index in [2.05, 4.69) is 4.98 Å². The van der Waals surface area contributed by atoms with E-state index in [1.165, 1.54) is 30.3 Å². The van der Waals surface area contributed by atoms with Crippen LogP contribution in [-0.2, 0) is 31.7 Å². The highest BCUT2D eigenvalue weighted by atomic mass is 32.2. The van der Waals surface area contributed by atoms with Crippen LogP contribution in [0.25, 0.3) is 16.8 Å². The summed E-state index contributed by atoms with van der Waals surface area (Å²) in [4.78, 5) is 3.64. The van der Waals surface area contributed by atoms with Crippen LogP contribution in [0.5, 0.6) is 0 Å². The highest BCUT2D eigenvalue weighted by Crippen LogP contribution is 2.36. The first-order valence-corrected chi connectivity index (χ1v) is 12.4. The molecule has 0 saturated heterocycles. The fourth-order valence-electron chi connectivity index (χ4n) is 3.91. The van der Waals surface area contributed by atoms with Gasteiger partial charge >= 0.3 is 6.18 Å². The third-order valence-corrected chi connectivity index (χ3v) is 7.44. The van der Waals surface area contributed by atoms with E-state index in [1.54, 1.807) is 6.07 Å². The molecule has 1 saturated carbocycles. The number of allylic oxidation sites excluding steroid dienone is 1. The molecule has 3 aromatic rings. The molecule has 0 bridgehead atoms. The Labute approximate surface area is 190 Å². The monoisotopic (exact) mass is 499 g/mol. The molecule has 2 aromatic heterocycles. The largest absolute Gasteiger partial charge is 0.740 e. The van der Waals surface area contributed by atoms with Crippen molar-refractivity contribution in [3.8, 4) is 0 Å². The summed E-state index contributed by atoms with van der Waals surface area (Å²) in [6, 6.07) is 9.15. The number of nitrogens with zero attached hydrogens (tertiary/aromatic N) is 2.